The van der Waals surface area contributed by atoms with Crippen LogP contribution in [-0.4, -0.2) is 6.04 Å². The Hall–Kier alpha value is -1.58. The van der Waals surface area contributed by atoms with Gasteiger partial charge in [0.15, 0.2) is 11.6 Å². The molecule has 2 aromatic carbocycles. The van der Waals surface area contributed by atoms with Crippen molar-refractivity contribution in [1.29, 1.82) is 0 Å². The van der Waals surface area contributed by atoms with E-state index in [1.54, 1.807) is 12.1 Å². The number of ether oxygens (including phenoxy) is 1. The molecule has 21 heavy (non-hydrogen) atoms. The second-order valence-corrected chi connectivity index (χ2v) is 5.72. The molecule has 0 amide bonds. The normalized spacial score (nSPS) is 14.2. The van der Waals surface area contributed by atoms with Crippen LogP contribution in [0.2, 0.25) is 5.02 Å². The van der Waals surface area contributed by atoms with Crippen LogP contribution in [0.5, 0.6) is 5.75 Å². The smallest absolute Gasteiger partial charge is 0.183 e. The summed E-state index contributed by atoms with van der Waals surface area (Å²) in [6, 6.07) is 13.6. The van der Waals surface area contributed by atoms with Crippen molar-refractivity contribution in [3.8, 4) is 5.75 Å². The summed E-state index contributed by atoms with van der Waals surface area (Å²) in [5, 5.41) is 3.55. The predicted octanol–water partition coefficient (Wildman–Crippen LogP) is 4.31. The molecule has 1 fully saturated rings. The number of nitrogens with one attached hydrogen (secondary N) is 1. The maximum absolute atomic E-state index is 13.7. The summed E-state index contributed by atoms with van der Waals surface area (Å²) in [5.41, 5.74) is 2.24. The van der Waals surface area contributed by atoms with Gasteiger partial charge in [0.1, 0.15) is 6.61 Å². The molecule has 1 aliphatic rings. The Balaban J connectivity index is 1.61. The summed E-state index contributed by atoms with van der Waals surface area (Å²) < 4.78 is 19.3. The van der Waals surface area contributed by atoms with Crippen LogP contribution in [0.15, 0.2) is 42.5 Å². The minimum atomic E-state index is -0.509. The maximum atomic E-state index is 13.7. The van der Waals surface area contributed by atoms with Crippen LogP contribution >= 0.6 is 11.6 Å². The van der Waals surface area contributed by atoms with E-state index in [1.807, 2.05) is 12.1 Å². The van der Waals surface area contributed by atoms with E-state index >= 15 is 0 Å². The molecule has 2 aromatic rings. The van der Waals surface area contributed by atoms with Crippen LogP contribution in [0.25, 0.3) is 0 Å². The molecule has 0 unspecified atom stereocenters. The fourth-order valence-corrected chi connectivity index (χ4v) is 2.30. The zero-order valence-corrected chi connectivity index (χ0v) is 12.4. The monoisotopic (exact) mass is 305 g/mol. The summed E-state index contributed by atoms with van der Waals surface area (Å²) >= 11 is 5.73. The van der Waals surface area contributed by atoms with Crippen molar-refractivity contribution in [1.82, 2.24) is 5.32 Å². The Morgan fingerprint density at radius 1 is 1.14 bits per heavy atom. The van der Waals surface area contributed by atoms with E-state index in [0.29, 0.717) is 12.6 Å². The first kappa shape index (κ1) is 14.4. The summed E-state index contributed by atoms with van der Waals surface area (Å²) in [4.78, 5) is 0. The molecule has 1 aliphatic carbocycles. The SMILES string of the molecule is Fc1c(Cl)cccc1OCc1cccc(CNC2CC2)c1. The van der Waals surface area contributed by atoms with E-state index in [9.17, 15) is 4.39 Å². The molecule has 3 rings (SSSR count). The molecule has 0 atom stereocenters. The van der Waals surface area contributed by atoms with Crippen molar-refractivity contribution in [2.75, 3.05) is 0 Å². The number of benzene rings is 2. The van der Waals surface area contributed by atoms with Crippen LogP contribution in [0, 0.1) is 5.82 Å². The molecule has 0 heterocycles. The van der Waals surface area contributed by atoms with Gasteiger partial charge in [-0.15, -0.1) is 0 Å². The number of hydrogen-bond acceptors (Lipinski definition) is 2. The van der Waals surface area contributed by atoms with E-state index in [0.717, 1.165) is 12.1 Å². The molecule has 0 radical (unpaired) electrons. The highest BCUT2D eigenvalue weighted by Gasteiger charge is 2.19. The van der Waals surface area contributed by atoms with Crippen molar-refractivity contribution < 1.29 is 9.13 Å². The second kappa shape index (κ2) is 6.46. The van der Waals surface area contributed by atoms with Crippen molar-refractivity contribution >= 4 is 11.6 Å². The van der Waals surface area contributed by atoms with Gasteiger partial charge in [-0.3, -0.25) is 0 Å². The summed E-state index contributed by atoms with van der Waals surface area (Å²) in [6.07, 6.45) is 2.55. The van der Waals surface area contributed by atoms with Crippen LogP contribution in [0.3, 0.4) is 0 Å². The van der Waals surface area contributed by atoms with Gasteiger partial charge >= 0.3 is 0 Å². The standard InChI is InChI=1S/C17H17ClFNO/c18-15-5-2-6-16(17(15)19)21-11-13-4-1-3-12(9-13)10-20-14-7-8-14/h1-6,9,14,20H,7-8,10-11H2. The first-order valence-electron chi connectivity index (χ1n) is 7.10. The largest absolute Gasteiger partial charge is 0.486 e. The molecule has 0 bridgehead atoms. The molecular weight excluding hydrogens is 289 g/mol. The van der Waals surface area contributed by atoms with E-state index < -0.39 is 5.82 Å². The lowest BCUT2D eigenvalue weighted by molar-refractivity contribution is 0.290. The lowest BCUT2D eigenvalue weighted by Crippen LogP contribution is -2.15. The van der Waals surface area contributed by atoms with Gasteiger partial charge in [-0.2, -0.15) is 0 Å². The summed E-state index contributed by atoms with van der Waals surface area (Å²) in [5.74, 6) is -0.324. The highest BCUT2D eigenvalue weighted by atomic mass is 35.5. The first-order valence-corrected chi connectivity index (χ1v) is 7.48. The molecule has 0 aliphatic heterocycles. The molecule has 2 nitrogen and oxygen atoms in total. The molecule has 1 N–H and O–H groups in total. The molecule has 0 spiro atoms. The lowest BCUT2D eigenvalue weighted by atomic mass is 10.1. The molecule has 4 heteroatoms. The number of hydrogen-bond donors (Lipinski definition) is 1. The van der Waals surface area contributed by atoms with E-state index in [2.05, 4.69) is 17.4 Å². The fraction of sp³-hybridized carbons (Fsp3) is 0.294. The Morgan fingerprint density at radius 3 is 2.71 bits per heavy atom. The third-order valence-corrected chi connectivity index (χ3v) is 3.77. The van der Waals surface area contributed by atoms with Gasteiger partial charge < -0.3 is 10.1 Å². The van der Waals surface area contributed by atoms with Crippen LogP contribution < -0.4 is 10.1 Å². The van der Waals surface area contributed by atoms with Gasteiger partial charge in [-0.05, 0) is 36.1 Å². The Morgan fingerprint density at radius 2 is 1.90 bits per heavy atom. The first-order chi connectivity index (χ1) is 10.2. The van der Waals surface area contributed by atoms with Crippen molar-refractivity contribution in [2.45, 2.75) is 32.0 Å². The van der Waals surface area contributed by atoms with Crippen LogP contribution in [0.1, 0.15) is 24.0 Å². The van der Waals surface area contributed by atoms with Gasteiger partial charge in [0.05, 0.1) is 5.02 Å². The summed E-state index contributed by atoms with van der Waals surface area (Å²) in [6.45, 7) is 1.19. The van der Waals surface area contributed by atoms with Crippen molar-refractivity contribution in [3.63, 3.8) is 0 Å². The van der Waals surface area contributed by atoms with Crippen molar-refractivity contribution in [2.24, 2.45) is 0 Å². The highest BCUT2D eigenvalue weighted by molar-refractivity contribution is 6.30. The molecular formula is C17H17ClFNO. The van der Waals surface area contributed by atoms with Crippen LogP contribution in [-0.2, 0) is 13.2 Å². The van der Waals surface area contributed by atoms with Crippen molar-refractivity contribution in [3.05, 3.63) is 64.4 Å². The second-order valence-electron chi connectivity index (χ2n) is 5.32. The van der Waals surface area contributed by atoms with Gasteiger partial charge in [0.25, 0.3) is 0 Å². The highest BCUT2D eigenvalue weighted by Crippen LogP contribution is 2.25. The fourth-order valence-electron chi connectivity index (χ4n) is 2.14. The van der Waals surface area contributed by atoms with E-state index in [4.69, 9.17) is 16.3 Å². The van der Waals surface area contributed by atoms with Gasteiger partial charge in [0.2, 0.25) is 0 Å². The topological polar surface area (TPSA) is 21.3 Å². The Labute approximate surface area is 128 Å². The van der Waals surface area contributed by atoms with E-state index in [1.165, 1.54) is 24.5 Å². The minimum Gasteiger partial charge on any atom is -0.486 e. The number of halogens is 2. The van der Waals surface area contributed by atoms with Gasteiger partial charge in [-0.1, -0.05) is 41.9 Å². The third-order valence-electron chi connectivity index (χ3n) is 3.47. The zero-order chi connectivity index (χ0) is 14.7. The number of rotatable bonds is 6. The van der Waals surface area contributed by atoms with Crippen LogP contribution in [0.4, 0.5) is 4.39 Å². The predicted molar refractivity (Wildman–Crippen MR) is 82.0 cm³/mol. The lowest BCUT2D eigenvalue weighted by Gasteiger charge is -2.09. The Kier molecular flexibility index (Phi) is 4.42. The quantitative estimate of drug-likeness (QED) is 0.858. The van der Waals surface area contributed by atoms with E-state index in [-0.39, 0.29) is 10.8 Å². The third kappa shape index (κ3) is 3.96. The molecule has 0 saturated heterocycles. The molecule has 0 aromatic heterocycles. The maximum Gasteiger partial charge on any atom is 0.183 e. The molecule has 110 valence electrons. The van der Waals surface area contributed by atoms with Gasteiger partial charge in [-0.25, -0.2) is 4.39 Å². The average Bonchev–Trinajstić information content (AvgIpc) is 3.31. The summed E-state index contributed by atoms with van der Waals surface area (Å²) in [7, 11) is 0. The minimum absolute atomic E-state index is 0.0786. The zero-order valence-electron chi connectivity index (χ0n) is 11.6. The molecule has 1 saturated carbocycles. The average molecular weight is 306 g/mol. The van der Waals surface area contributed by atoms with Gasteiger partial charge in [0, 0.05) is 12.6 Å². The Bertz CT molecular complexity index is 628.